The molecule has 0 radical (unpaired) electrons. The molecule has 0 fully saturated rings. The number of aliphatic hydroxyl groups excluding tert-OH is 1. The summed E-state index contributed by atoms with van der Waals surface area (Å²) in [5, 5.41) is 27.3. The van der Waals surface area contributed by atoms with Crippen molar-refractivity contribution in [3.05, 3.63) is 22.5 Å². The van der Waals surface area contributed by atoms with Crippen molar-refractivity contribution in [2.24, 2.45) is 5.92 Å². The fourth-order valence-corrected chi connectivity index (χ4v) is 1.90. The first-order valence-electron chi connectivity index (χ1n) is 7.04. The van der Waals surface area contributed by atoms with Crippen molar-refractivity contribution in [1.82, 2.24) is 15.1 Å². The van der Waals surface area contributed by atoms with Crippen LogP contribution in [0.2, 0.25) is 0 Å². The lowest BCUT2D eigenvalue weighted by atomic mass is 10.1. The summed E-state index contributed by atoms with van der Waals surface area (Å²) in [6.45, 7) is 6.02. The number of hydrogen-bond donors (Lipinski definition) is 2. The van der Waals surface area contributed by atoms with Gasteiger partial charge in [0.1, 0.15) is 12.4 Å². The number of hydrogen-bond acceptors (Lipinski definition) is 5. The average molecular weight is 284 g/mol. The van der Waals surface area contributed by atoms with E-state index in [0.29, 0.717) is 6.54 Å². The molecule has 0 aliphatic heterocycles. The fourth-order valence-electron chi connectivity index (χ4n) is 1.90. The van der Waals surface area contributed by atoms with Gasteiger partial charge in [0.2, 0.25) is 0 Å². The van der Waals surface area contributed by atoms with Gasteiger partial charge >= 0.3 is 5.69 Å². The third-order valence-electron chi connectivity index (χ3n) is 2.99. The molecule has 1 aromatic heterocycles. The van der Waals surface area contributed by atoms with Gasteiger partial charge in [-0.2, -0.15) is 5.10 Å². The van der Waals surface area contributed by atoms with Crippen molar-refractivity contribution in [2.45, 2.75) is 45.8 Å². The molecule has 7 nitrogen and oxygen atoms in total. The van der Waals surface area contributed by atoms with Crippen LogP contribution in [0.4, 0.5) is 5.69 Å². The van der Waals surface area contributed by atoms with Crippen LogP contribution in [0.3, 0.4) is 0 Å². The van der Waals surface area contributed by atoms with Gasteiger partial charge < -0.3 is 10.4 Å². The number of rotatable bonds is 10. The second-order valence-corrected chi connectivity index (χ2v) is 5.43. The summed E-state index contributed by atoms with van der Waals surface area (Å²) in [4.78, 5) is 10.0. The number of aliphatic hydroxyl groups is 1. The molecule has 1 aromatic rings. The Kier molecular flexibility index (Phi) is 7.17. The monoisotopic (exact) mass is 284 g/mol. The fraction of sp³-hybridized carbons (Fsp3) is 0.769. The maximum absolute atomic E-state index is 10.5. The first kappa shape index (κ1) is 16.6. The highest BCUT2D eigenvalue weighted by Crippen LogP contribution is 2.08. The van der Waals surface area contributed by atoms with Crippen LogP contribution in [0.5, 0.6) is 0 Å². The lowest BCUT2D eigenvalue weighted by molar-refractivity contribution is -0.385. The summed E-state index contributed by atoms with van der Waals surface area (Å²) in [6, 6.07) is 0. The minimum absolute atomic E-state index is 0.0566. The predicted molar refractivity (Wildman–Crippen MR) is 76.4 cm³/mol. The van der Waals surface area contributed by atoms with Crippen LogP contribution in [-0.4, -0.2) is 39.0 Å². The number of nitro groups is 1. The normalized spacial score (nSPS) is 12.8. The Hall–Kier alpha value is -1.47. The van der Waals surface area contributed by atoms with Crippen LogP contribution in [0.1, 0.15) is 33.1 Å². The molecule has 1 rings (SSSR count). The zero-order valence-electron chi connectivity index (χ0n) is 12.2. The Morgan fingerprint density at radius 3 is 2.85 bits per heavy atom. The summed E-state index contributed by atoms with van der Waals surface area (Å²) in [6.07, 6.45) is 5.42. The SMILES string of the molecule is CC(C)CCCCNCC(O)Cn1cc([N+](=O)[O-])cn1. The van der Waals surface area contributed by atoms with Crippen molar-refractivity contribution in [1.29, 1.82) is 0 Å². The smallest absolute Gasteiger partial charge is 0.306 e. The van der Waals surface area contributed by atoms with Crippen molar-refractivity contribution in [2.75, 3.05) is 13.1 Å². The Balaban J connectivity index is 2.13. The van der Waals surface area contributed by atoms with Gasteiger partial charge in [-0.15, -0.1) is 0 Å². The molecule has 7 heteroatoms. The van der Waals surface area contributed by atoms with E-state index >= 15 is 0 Å². The van der Waals surface area contributed by atoms with Gasteiger partial charge in [0.15, 0.2) is 0 Å². The summed E-state index contributed by atoms with van der Waals surface area (Å²) >= 11 is 0. The third-order valence-corrected chi connectivity index (χ3v) is 2.99. The lowest BCUT2D eigenvalue weighted by Crippen LogP contribution is -2.31. The van der Waals surface area contributed by atoms with Crippen molar-refractivity contribution >= 4 is 5.69 Å². The third kappa shape index (κ3) is 6.63. The van der Waals surface area contributed by atoms with Crippen LogP contribution in [-0.2, 0) is 6.54 Å². The van der Waals surface area contributed by atoms with Crippen LogP contribution in [0.25, 0.3) is 0 Å². The predicted octanol–water partition coefficient (Wildman–Crippen LogP) is 1.57. The van der Waals surface area contributed by atoms with Gasteiger partial charge in [0, 0.05) is 6.54 Å². The Morgan fingerprint density at radius 2 is 2.25 bits per heavy atom. The molecule has 0 aliphatic carbocycles. The van der Waals surface area contributed by atoms with Gasteiger partial charge in [-0.25, -0.2) is 0 Å². The van der Waals surface area contributed by atoms with Crippen LogP contribution in [0, 0.1) is 16.0 Å². The Labute approximate surface area is 119 Å². The minimum atomic E-state index is -0.598. The molecule has 1 unspecified atom stereocenters. The average Bonchev–Trinajstić information content (AvgIpc) is 2.81. The molecular formula is C13H24N4O3. The van der Waals surface area contributed by atoms with Gasteiger partial charge in [-0.3, -0.25) is 14.8 Å². The highest BCUT2D eigenvalue weighted by Gasteiger charge is 2.11. The van der Waals surface area contributed by atoms with E-state index in [2.05, 4.69) is 24.3 Å². The Morgan fingerprint density at radius 1 is 1.50 bits per heavy atom. The van der Waals surface area contributed by atoms with Crippen LogP contribution in [0.15, 0.2) is 12.4 Å². The number of nitrogens with one attached hydrogen (secondary N) is 1. The van der Waals surface area contributed by atoms with Crippen molar-refractivity contribution in [3.63, 3.8) is 0 Å². The summed E-state index contributed by atoms with van der Waals surface area (Å²) in [5.41, 5.74) is -0.0566. The Bertz CT molecular complexity index is 406. The molecular weight excluding hydrogens is 260 g/mol. The molecule has 1 atom stereocenters. The van der Waals surface area contributed by atoms with Gasteiger partial charge in [-0.1, -0.05) is 26.7 Å². The molecule has 0 amide bonds. The van der Waals surface area contributed by atoms with Crippen molar-refractivity contribution < 1.29 is 10.0 Å². The molecule has 114 valence electrons. The maximum Gasteiger partial charge on any atom is 0.306 e. The van der Waals surface area contributed by atoms with E-state index < -0.39 is 11.0 Å². The van der Waals surface area contributed by atoms with Gasteiger partial charge in [0.05, 0.1) is 17.6 Å². The van der Waals surface area contributed by atoms with E-state index in [1.165, 1.54) is 29.9 Å². The molecule has 0 bridgehead atoms. The molecule has 2 N–H and O–H groups in total. The van der Waals surface area contributed by atoms with Crippen LogP contribution < -0.4 is 5.32 Å². The number of aromatic nitrogens is 2. The molecule has 1 heterocycles. The zero-order chi connectivity index (χ0) is 15.0. The zero-order valence-corrected chi connectivity index (χ0v) is 12.2. The largest absolute Gasteiger partial charge is 0.390 e. The summed E-state index contributed by atoms with van der Waals surface area (Å²) in [5.74, 6) is 0.733. The van der Waals surface area contributed by atoms with Crippen molar-refractivity contribution in [3.8, 4) is 0 Å². The van der Waals surface area contributed by atoms with Gasteiger partial charge in [-0.05, 0) is 18.9 Å². The molecule has 0 aromatic carbocycles. The molecule has 20 heavy (non-hydrogen) atoms. The van der Waals surface area contributed by atoms with E-state index in [0.717, 1.165) is 18.9 Å². The molecule has 0 saturated heterocycles. The van der Waals surface area contributed by atoms with E-state index in [-0.39, 0.29) is 12.2 Å². The second kappa shape index (κ2) is 8.65. The topological polar surface area (TPSA) is 93.2 Å². The molecule has 0 saturated carbocycles. The minimum Gasteiger partial charge on any atom is -0.390 e. The van der Waals surface area contributed by atoms with Gasteiger partial charge in [0.25, 0.3) is 0 Å². The van der Waals surface area contributed by atoms with E-state index in [1.807, 2.05) is 0 Å². The number of unbranched alkanes of at least 4 members (excludes halogenated alkanes) is 1. The highest BCUT2D eigenvalue weighted by atomic mass is 16.6. The standard InChI is InChI=1S/C13H24N4O3/c1-11(2)5-3-4-6-14-8-13(18)10-16-9-12(7-15-16)17(19)20/h7,9,11,13-14,18H,3-6,8,10H2,1-2H3. The van der Waals surface area contributed by atoms with E-state index in [1.54, 1.807) is 0 Å². The van der Waals surface area contributed by atoms with Crippen LogP contribution >= 0.6 is 0 Å². The van der Waals surface area contributed by atoms with E-state index in [4.69, 9.17) is 0 Å². The number of nitrogens with zero attached hydrogens (tertiary/aromatic N) is 3. The summed E-state index contributed by atoms with van der Waals surface area (Å²) in [7, 11) is 0. The second-order valence-electron chi connectivity index (χ2n) is 5.43. The highest BCUT2D eigenvalue weighted by molar-refractivity contribution is 5.20. The lowest BCUT2D eigenvalue weighted by Gasteiger charge is -2.12. The molecule has 0 aliphatic rings. The quantitative estimate of drug-likeness (QED) is 0.386. The maximum atomic E-state index is 10.5. The van der Waals surface area contributed by atoms with E-state index in [9.17, 15) is 15.2 Å². The first-order valence-corrected chi connectivity index (χ1v) is 7.04. The summed E-state index contributed by atoms with van der Waals surface area (Å²) < 4.78 is 1.39. The first-order chi connectivity index (χ1) is 9.49. The molecule has 0 spiro atoms.